The summed E-state index contributed by atoms with van der Waals surface area (Å²) in [5, 5.41) is 2.56. The van der Waals surface area contributed by atoms with E-state index in [0.717, 1.165) is 39.8 Å². The lowest BCUT2D eigenvalue weighted by Gasteiger charge is -2.26. The molecule has 11 rings (SSSR count). The summed E-state index contributed by atoms with van der Waals surface area (Å²) in [6.07, 6.45) is 0. The lowest BCUT2D eigenvalue weighted by atomic mass is 9.80. The molecule has 0 fully saturated rings. The van der Waals surface area contributed by atoms with Gasteiger partial charge >= 0.3 is 0 Å². The maximum atomic E-state index is 2.47. The van der Waals surface area contributed by atoms with E-state index in [4.69, 9.17) is 0 Å². The zero-order valence-electron chi connectivity index (χ0n) is 33.7. The number of hydrogen-bond donors (Lipinski definition) is 0. The summed E-state index contributed by atoms with van der Waals surface area (Å²) >= 11 is 0. The molecule has 3 heteroatoms. The van der Waals surface area contributed by atoms with Crippen LogP contribution in [0.3, 0.4) is 0 Å². The van der Waals surface area contributed by atoms with Gasteiger partial charge in [0.2, 0.25) is 0 Å². The highest BCUT2D eigenvalue weighted by atomic mass is 15.1. The van der Waals surface area contributed by atoms with Crippen molar-refractivity contribution in [3.8, 4) is 27.9 Å². The van der Waals surface area contributed by atoms with Crippen LogP contribution < -0.4 is 9.80 Å². The number of anilines is 6. The number of aromatic nitrogens is 1. The summed E-state index contributed by atoms with van der Waals surface area (Å²) in [7, 11) is 0. The zero-order chi connectivity index (χ0) is 40.2. The first kappa shape index (κ1) is 35.5. The fraction of sp³-hybridized carbons (Fsp3) is 0.0526. The average Bonchev–Trinajstić information content (AvgIpc) is 3.76. The van der Waals surface area contributed by atoms with Crippen LogP contribution >= 0.6 is 0 Å². The van der Waals surface area contributed by atoms with E-state index in [1.54, 1.807) is 0 Å². The Morgan fingerprint density at radius 2 is 0.800 bits per heavy atom. The Morgan fingerprint density at radius 1 is 0.367 bits per heavy atom. The van der Waals surface area contributed by atoms with Gasteiger partial charge in [-0.3, -0.25) is 0 Å². The van der Waals surface area contributed by atoms with Crippen LogP contribution in [0.5, 0.6) is 0 Å². The molecule has 0 bridgehead atoms. The van der Waals surface area contributed by atoms with E-state index < -0.39 is 0 Å². The van der Waals surface area contributed by atoms with Crippen molar-refractivity contribution in [2.24, 2.45) is 0 Å². The van der Waals surface area contributed by atoms with E-state index in [2.05, 4.69) is 253 Å². The first-order valence-electron chi connectivity index (χ1n) is 20.8. The third-order valence-corrected chi connectivity index (χ3v) is 12.3. The van der Waals surface area contributed by atoms with E-state index in [1.165, 1.54) is 55.2 Å². The molecule has 3 nitrogen and oxygen atoms in total. The molecule has 1 aromatic heterocycles. The summed E-state index contributed by atoms with van der Waals surface area (Å²) in [4.78, 5) is 4.67. The van der Waals surface area contributed by atoms with Crippen LogP contribution in [0.2, 0.25) is 0 Å². The lowest BCUT2D eigenvalue weighted by molar-refractivity contribution is 0.666. The van der Waals surface area contributed by atoms with Crippen molar-refractivity contribution in [1.29, 1.82) is 0 Å². The van der Waals surface area contributed by atoms with E-state index in [1.807, 2.05) is 0 Å². The fourth-order valence-electron chi connectivity index (χ4n) is 9.60. The van der Waals surface area contributed by atoms with Gasteiger partial charge in [-0.05, 0) is 130 Å². The van der Waals surface area contributed by atoms with Gasteiger partial charge < -0.3 is 14.4 Å². The van der Waals surface area contributed by atoms with Crippen LogP contribution in [-0.4, -0.2) is 4.57 Å². The molecule has 0 N–H and O–H groups in total. The van der Waals surface area contributed by atoms with Crippen LogP contribution in [-0.2, 0) is 5.41 Å². The standard InChI is InChI=1S/C57H43N3/c1-57(2)52-26-16-15-25-49(52)50-36-38-54-55(56(50)57)51-39-48(59(44-21-11-5-12-22-44)45-23-13-6-14-24-45)35-37-53(51)60(54)47-33-29-41(30-34-47)40-27-31-46(32-28-40)58(42-17-7-3-8-18-42)43-19-9-4-10-20-43/h3-39H,1-2H3. The molecular weight excluding hydrogens is 727 g/mol. The highest BCUT2D eigenvalue weighted by molar-refractivity contribution is 6.15. The normalized spacial score (nSPS) is 12.6. The minimum absolute atomic E-state index is 0.175. The number of hydrogen-bond acceptors (Lipinski definition) is 2. The summed E-state index contributed by atoms with van der Waals surface area (Å²) in [6, 6.07) is 81.2. The minimum Gasteiger partial charge on any atom is -0.311 e. The van der Waals surface area contributed by atoms with Gasteiger partial charge in [0.1, 0.15) is 0 Å². The van der Waals surface area contributed by atoms with Gasteiger partial charge in [-0.25, -0.2) is 0 Å². The van der Waals surface area contributed by atoms with Gasteiger partial charge in [-0.1, -0.05) is 141 Å². The lowest BCUT2D eigenvalue weighted by Crippen LogP contribution is -2.15. The van der Waals surface area contributed by atoms with Gasteiger partial charge in [-0.2, -0.15) is 0 Å². The van der Waals surface area contributed by atoms with Crippen molar-refractivity contribution in [3.63, 3.8) is 0 Å². The van der Waals surface area contributed by atoms with E-state index in [0.29, 0.717) is 0 Å². The molecular formula is C57H43N3. The van der Waals surface area contributed by atoms with Gasteiger partial charge in [0, 0.05) is 56.0 Å². The van der Waals surface area contributed by atoms with Crippen molar-refractivity contribution in [2.75, 3.05) is 9.80 Å². The fourth-order valence-corrected chi connectivity index (χ4v) is 9.60. The number of fused-ring (bicyclic) bond motifs is 7. The molecule has 0 spiro atoms. The molecule has 0 saturated heterocycles. The van der Waals surface area contributed by atoms with Crippen LogP contribution in [0, 0.1) is 0 Å². The van der Waals surface area contributed by atoms with Crippen molar-refractivity contribution in [1.82, 2.24) is 4.57 Å². The summed E-state index contributed by atoms with van der Waals surface area (Å²) in [5.41, 5.74) is 17.9. The van der Waals surface area contributed by atoms with Crippen molar-refractivity contribution >= 4 is 55.9 Å². The topological polar surface area (TPSA) is 11.4 Å². The van der Waals surface area contributed by atoms with Crippen molar-refractivity contribution < 1.29 is 0 Å². The van der Waals surface area contributed by atoms with Gasteiger partial charge in [0.05, 0.1) is 11.0 Å². The largest absolute Gasteiger partial charge is 0.311 e. The average molecular weight is 770 g/mol. The van der Waals surface area contributed by atoms with Gasteiger partial charge in [0.15, 0.2) is 0 Å². The molecule has 60 heavy (non-hydrogen) atoms. The Balaban J connectivity index is 1.05. The number of benzene rings is 9. The number of rotatable bonds is 8. The summed E-state index contributed by atoms with van der Waals surface area (Å²) in [6.45, 7) is 4.78. The Bertz CT molecular complexity index is 3050. The minimum atomic E-state index is -0.175. The second kappa shape index (κ2) is 14.3. The SMILES string of the molecule is CC1(C)c2ccccc2-c2ccc3c(c21)c1cc(N(c2ccccc2)c2ccccc2)ccc1n3-c1ccc(-c2ccc(N(c3ccccc3)c3ccccc3)cc2)cc1. The van der Waals surface area contributed by atoms with Crippen molar-refractivity contribution in [3.05, 3.63) is 236 Å². The maximum absolute atomic E-state index is 2.47. The molecule has 1 aliphatic carbocycles. The quantitative estimate of drug-likeness (QED) is 0.152. The molecule has 10 aromatic rings. The molecule has 9 aromatic carbocycles. The van der Waals surface area contributed by atoms with Crippen LogP contribution in [0.1, 0.15) is 25.0 Å². The molecule has 0 aliphatic heterocycles. The molecule has 0 saturated carbocycles. The molecule has 0 amide bonds. The highest BCUT2D eigenvalue weighted by Gasteiger charge is 2.38. The van der Waals surface area contributed by atoms with Crippen LogP contribution in [0.4, 0.5) is 34.1 Å². The maximum Gasteiger partial charge on any atom is 0.0544 e. The second-order valence-corrected chi connectivity index (χ2v) is 16.2. The molecule has 1 aliphatic rings. The third-order valence-electron chi connectivity index (χ3n) is 12.3. The monoisotopic (exact) mass is 769 g/mol. The third kappa shape index (κ3) is 5.81. The first-order valence-corrected chi connectivity index (χ1v) is 20.8. The van der Waals surface area contributed by atoms with Crippen molar-refractivity contribution in [2.45, 2.75) is 19.3 Å². The number of para-hydroxylation sites is 4. The molecule has 286 valence electrons. The smallest absolute Gasteiger partial charge is 0.0544 e. The van der Waals surface area contributed by atoms with Gasteiger partial charge in [0.25, 0.3) is 0 Å². The Morgan fingerprint density at radius 3 is 1.35 bits per heavy atom. The zero-order valence-corrected chi connectivity index (χ0v) is 33.7. The molecule has 0 radical (unpaired) electrons. The molecule has 1 heterocycles. The predicted molar refractivity (Wildman–Crippen MR) is 253 cm³/mol. The Hall–Kier alpha value is -7.62. The Kier molecular flexibility index (Phi) is 8.49. The molecule has 0 unspecified atom stereocenters. The predicted octanol–water partition coefficient (Wildman–Crippen LogP) is 15.7. The highest BCUT2D eigenvalue weighted by Crippen LogP contribution is 2.54. The second-order valence-electron chi connectivity index (χ2n) is 16.2. The van der Waals surface area contributed by atoms with E-state index in [-0.39, 0.29) is 5.41 Å². The van der Waals surface area contributed by atoms with E-state index in [9.17, 15) is 0 Å². The first-order chi connectivity index (χ1) is 29.5. The molecule has 0 atom stereocenters. The van der Waals surface area contributed by atoms with Crippen LogP contribution in [0.25, 0.3) is 49.7 Å². The van der Waals surface area contributed by atoms with Gasteiger partial charge in [-0.15, -0.1) is 0 Å². The number of nitrogens with zero attached hydrogens (tertiary/aromatic N) is 3. The Labute approximate surface area is 351 Å². The van der Waals surface area contributed by atoms with Crippen LogP contribution in [0.15, 0.2) is 224 Å². The summed E-state index contributed by atoms with van der Waals surface area (Å²) < 4.78 is 2.47. The summed E-state index contributed by atoms with van der Waals surface area (Å²) in [5.74, 6) is 0. The van der Waals surface area contributed by atoms with E-state index >= 15 is 0 Å².